The molecule has 19 heavy (non-hydrogen) atoms. The fourth-order valence-electron chi connectivity index (χ4n) is 2.38. The molecule has 0 fully saturated rings. The zero-order chi connectivity index (χ0) is 13.5. The summed E-state index contributed by atoms with van der Waals surface area (Å²) in [5.41, 5.74) is 2.78. The largest absolute Gasteiger partial charge is 0.308 e. The second-order valence-electron chi connectivity index (χ2n) is 5.22. The van der Waals surface area contributed by atoms with Gasteiger partial charge in [-0.1, -0.05) is 60.7 Å². The van der Waals surface area contributed by atoms with Crippen LogP contribution in [0.15, 0.2) is 60.7 Å². The molecule has 0 saturated carbocycles. The first-order valence-electron chi connectivity index (χ1n) is 7.10. The molecule has 0 radical (unpaired) electrons. The van der Waals surface area contributed by atoms with Gasteiger partial charge in [0.1, 0.15) is 0 Å². The Morgan fingerprint density at radius 2 is 1.42 bits per heavy atom. The van der Waals surface area contributed by atoms with Gasteiger partial charge >= 0.3 is 0 Å². The van der Waals surface area contributed by atoms with Crippen molar-refractivity contribution in [2.75, 3.05) is 0 Å². The first-order chi connectivity index (χ1) is 9.25. The van der Waals surface area contributed by atoms with Crippen LogP contribution < -0.4 is 5.32 Å². The SMILES string of the molecule is C[C@H](N[C@@H](C)CCc1ccccc1)c1ccccc1. The van der Waals surface area contributed by atoms with E-state index in [4.69, 9.17) is 0 Å². The molecular formula is C18H23N. The number of nitrogens with one attached hydrogen (secondary N) is 1. The molecule has 1 N–H and O–H groups in total. The summed E-state index contributed by atoms with van der Waals surface area (Å²) in [6, 6.07) is 22.3. The van der Waals surface area contributed by atoms with Crippen molar-refractivity contribution >= 4 is 0 Å². The summed E-state index contributed by atoms with van der Waals surface area (Å²) in [6.07, 6.45) is 2.30. The maximum absolute atomic E-state index is 3.67. The van der Waals surface area contributed by atoms with Gasteiger partial charge in [-0.3, -0.25) is 0 Å². The van der Waals surface area contributed by atoms with Crippen molar-refractivity contribution in [3.63, 3.8) is 0 Å². The lowest BCUT2D eigenvalue weighted by molar-refractivity contribution is 0.456. The molecule has 0 aliphatic carbocycles. The zero-order valence-corrected chi connectivity index (χ0v) is 11.8. The highest BCUT2D eigenvalue weighted by molar-refractivity contribution is 5.18. The van der Waals surface area contributed by atoms with E-state index in [2.05, 4.69) is 79.8 Å². The third kappa shape index (κ3) is 4.53. The summed E-state index contributed by atoms with van der Waals surface area (Å²) < 4.78 is 0. The Balaban J connectivity index is 1.80. The molecule has 2 aromatic rings. The van der Waals surface area contributed by atoms with E-state index >= 15 is 0 Å². The molecule has 0 amide bonds. The predicted molar refractivity (Wildman–Crippen MR) is 82.2 cm³/mol. The molecule has 1 heteroatoms. The lowest BCUT2D eigenvalue weighted by Crippen LogP contribution is -2.29. The number of aryl methyl sites for hydroxylation is 1. The Kier molecular flexibility index (Phi) is 5.17. The van der Waals surface area contributed by atoms with Crippen LogP contribution in [-0.4, -0.2) is 6.04 Å². The molecule has 0 unspecified atom stereocenters. The van der Waals surface area contributed by atoms with E-state index < -0.39 is 0 Å². The van der Waals surface area contributed by atoms with Crippen LogP contribution in [0.3, 0.4) is 0 Å². The van der Waals surface area contributed by atoms with Gasteiger partial charge in [0.25, 0.3) is 0 Å². The topological polar surface area (TPSA) is 12.0 Å². The highest BCUT2D eigenvalue weighted by Gasteiger charge is 2.08. The van der Waals surface area contributed by atoms with Gasteiger partial charge in [0.05, 0.1) is 0 Å². The van der Waals surface area contributed by atoms with Crippen LogP contribution in [0.1, 0.15) is 37.4 Å². The average Bonchev–Trinajstić information content (AvgIpc) is 2.47. The monoisotopic (exact) mass is 253 g/mol. The Morgan fingerprint density at radius 3 is 2.05 bits per heavy atom. The summed E-state index contributed by atoms with van der Waals surface area (Å²) in [6.45, 7) is 4.50. The third-order valence-corrected chi connectivity index (χ3v) is 3.54. The van der Waals surface area contributed by atoms with E-state index in [0.29, 0.717) is 12.1 Å². The first kappa shape index (κ1) is 13.8. The quantitative estimate of drug-likeness (QED) is 0.806. The standard InChI is InChI=1S/C18H23N/c1-15(13-14-17-9-5-3-6-10-17)19-16(2)18-11-7-4-8-12-18/h3-12,15-16,19H,13-14H2,1-2H3/t15-,16-/m0/s1. The van der Waals surface area contributed by atoms with Gasteiger partial charge in [-0.25, -0.2) is 0 Å². The highest BCUT2D eigenvalue weighted by atomic mass is 14.9. The zero-order valence-electron chi connectivity index (χ0n) is 11.8. The molecular weight excluding hydrogens is 230 g/mol. The van der Waals surface area contributed by atoms with Crippen LogP contribution in [0, 0.1) is 0 Å². The lowest BCUT2D eigenvalue weighted by Gasteiger charge is -2.20. The Morgan fingerprint density at radius 1 is 0.842 bits per heavy atom. The van der Waals surface area contributed by atoms with Crippen molar-refractivity contribution in [1.29, 1.82) is 0 Å². The first-order valence-corrected chi connectivity index (χ1v) is 7.10. The molecule has 2 atom stereocenters. The fraction of sp³-hybridized carbons (Fsp3) is 0.333. The maximum Gasteiger partial charge on any atom is 0.0294 e. The van der Waals surface area contributed by atoms with Gasteiger partial charge < -0.3 is 5.32 Å². The Hall–Kier alpha value is -1.60. The minimum absolute atomic E-state index is 0.409. The minimum Gasteiger partial charge on any atom is -0.308 e. The average molecular weight is 253 g/mol. The van der Waals surface area contributed by atoms with Crippen molar-refractivity contribution in [1.82, 2.24) is 5.32 Å². The summed E-state index contributed by atoms with van der Waals surface area (Å²) in [4.78, 5) is 0. The van der Waals surface area contributed by atoms with E-state index in [9.17, 15) is 0 Å². The molecule has 0 bridgehead atoms. The Labute approximate surface area is 116 Å². The van der Waals surface area contributed by atoms with Crippen molar-refractivity contribution in [2.24, 2.45) is 0 Å². The lowest BCUT2D eigenvalue weighted by atomic mass is 10.0. The molecule has 0 aliphatic heterocycles. The van der Waals surface area contributed by atoms with Gasteiger partial charge in [0.2, 0.25) is 0 Å². The van der Waals surface area contributed by atoms with Crippen molar-refractivity contribution in [3.05, 3.63) is 71.8 Å². The van der Waals surface area contributed by atoms with Crippen LogP contribution in [-0.2, 0) is 6.42 Å². The van der Waals surface area contributed by atoms with Crippen molar-refractivity contribution in [3.8, 4) is 0 Å². The molecule has 100 valence electrons. The molecule has 0 spiro atoms. The van der Waals surface area contributed by atoms with E-state index in [1.165, 1.54) is 17.5 Å². The molecule has 1 nitrogen and oxygen atoms in total. The minimum atomic E-state index is 0.409. The predicted octanol–water partition coefficient (Wildman–Crippen LogP) is 4.36. The summed E-state index contributed by atoms with van der Waals surface area (Å²) in [7, 11) is 0. The number of rotatable bonds is 6. The van der Waals surface area contributed by atoms with Gasteiger partial charge in [0.15, 0.2) is 0 Å². The second kappa shape index (κ2) is 7.10. The molecule has 0 aliphatic rings. The molecule has 0 heterocycles. The fourth-order valence-corrected chi connectivity index (χ4v) is 2.38. The summed E-state index contributed by atoms with van der Waals surface area (Å²) in [5.74, 6) is 0. The maximum atomic E-state index is 3.67. The van der Waals surface area contributed by atoms with E-state index in [1.54, 1.807) is 0 Å². The van der Waals surface area contributed by atoms with Crippen LogP contribution in [0.2, 0.25) is 0 Å². The van der Waals surface area contributed by atoms with E-state index in [0.717, 1.165) is 6.42 Å². The van der Waals surface area contributed by atoms with Gasteiger partial charge in [0, 0.05) is 12.1 Å². The Bertz CT molecular complexity index is 464. The summed E-state index contributed by atoms with van der Waals surface area (Å²) >= 11 is 0. The van der Waals surface area contributed by atoms with Crippen LogP contribution in [0.4, 0.5) is 0 Å². The molecule has 0 saturated heterocycles. The van der Waals surface area contributed by atoms with Gasteiger partial charge in [-0.05, 0) is 37.8 Å². The van der Waals surface area contributed by atoms with Gasteiger partial charge in [-0.15, -0.1) is 0 Å². The normalized spacial score (nSPS) is 14.0. The molecule has 0 aromatic heterocycles. The van der Waals surface area contributed by atoms with Crippen LogP contribution in [0.5, 0.6) is 0 Å². The third-order valence-electron chi connectivity index (χ3n) is 3.54. The second-order valence-corrected chi connectivity index (χ2v) is 5.22. The van der Waals surface area contributed by atoms with E-state index in [1.807, 2.05) is 0 Å². The molecule has 2 aromatic carbocycles. The number of hydrogen-bond donors (Lipinski definition) is 1. The molecule has 2 rings (SSSR count). The van der Waals surface area contributed by atoms with Crippen molar-refractivity contribution in [2.45, 2.75) is 38.8 Å². The smallest absolute Gasteiger partial charge is 0.0294 e. The number of hydrogen-bond acceptors (Lipinski definition) is 1. The highest BCUT2D eigenvalue weighted by Crippen LogP contribution is 2.13. The van der Waals surface area contributed by atoms with Crippen molar-refractivity contribution < 1.29 is 0 Å². The number of benzene rings is 2. The summed E-state index contributed by atoms with van der Waals surface area (Å²) in [5, 5.41) is 3.67. The van der Waals surface area contributed by atoms with Gasteiger partial charge in [-0.2, -0.15) is 0 Å². The van der Waals surface area contributed by atoms with Crippen LogP contribution in [0.25, 0.3) is 0 Å². The van der Waals surface area contributed by atoms with Crippen LogP contribution >= 0.6 is 0 Å². The van der Waals surface area contributed by atoms with E-state index in [-0.39, 0.29) is 0 Å².